The Morgan fingerprint density at radius 1 is 1.50 bits per heavy atom. The van der Waals surface area contributed by atoms with Gasteiger partial charge in [0.05, 0.1) is 12.5 Å². The molecule has 0 aliphatic heterocycles. The summed E-state index contributed by atoms with van der Waals surface area (Å²) in [4.78, 5) is 20.9. The van der Waals surface area contributed by atoms with Gasteiger partial charge >= 0.3 is 5.97 Å². The van der Waals surface area contributed by atoms with Crippen LogP contribution in [0.4, 0.5) is 0 Å². The van der Waals surface area contributed by atoms with Crippen molar-refractivity contribution in [3.63, 3.8) is 0 Å². The molecule has 6 heteroatoms. The molecule has 12 heavy (non-hydrogen) atoms. The van der Waals surface area contributed by atoms with Gasteiger partial charge in [-0.3, -0.25) is 9.59 Å². The Hall–Kier alpha value is -0.750. The smallest absolute Gasteiger partial charge is 0.322 e. The van der Waals surface area contributed by atoms with E-state index in [4.69, 9.17) is 10.2 Å². The number of carbonyl (C=O) groups is 2. The molecule has 0 fully saturated rings. The lowest BCUT2D eigenvalue weighted by atomic mass is 10.2. The molecule has 0 spiro atoms. The Balaban J connectivity index is 3.77. The zero-order chi connectivity index (χ0) is 9.56. The van der Waals surface area contributed by atoms with E-state index in [2.05, 4.69) is 17.9 Å². The number of aliphatic hydroxyl groups is 1. The highest BCUT2D eigenvalue weighted by atomic mass is 32.1. The second-order valence-corrected chi connectivity index (χ2v) is 2.54. The van der Waals surface area contributed by atoms with Gasteiger partial charge in [0.2, 0.25) is 5.91 Å². The summed E-state index contributed by atoms with van der Waals surface area (Å²) in [5.74, 6) is -2.04. The SMILES string of the molecule is O=C(O)CNC(=O)C(CO)CS. The molecule has 0 aromatic carbocycles. The fraction of sp³-hybridized carbons (Fsp3) is 0.667. The van der Waals surface area contributed by atoms with Crippen LogP contribution >= 0.6 is 12.6 Å². The van der Waals surface area contributed by atoms with Crippen molar-refractivity contribution in [3.05, 3.63) is 0 Å². The van der Waals surface area contributed by atoms with Crippen LogP contribution in [0, 0.1) is 5.92 Å². The first-order valence-electron chi connectivity index (χ1n) is 3.33. The molecule has 0 heterocycles. The number of thiol groups is 1. The second-order valence-electron chi connectivity index (χ2n) is 2.17. The number of hydrogen-bond donors (Lipinski definition) is 4. The Morgan fingerprint density at radius 2 is 2.08 bits per heavy atom. The first-order valence-corrected chi connectivity index (χ1v) is 3.96. The first-order chi connectivity index (χ1) is 5.61. The van der Waals surface area contributed by atoms with Crippen LogP contribution < -0.4 is 5.32 Å². The van der Waals surface area contributed by atoms with Crippen LogP contribution in [0.5, 0.6) is 0 Å². The zero-order valence-corrected chi connectivity index (χ0v) is 7.25. The molecule has 1 amide bonds. The molecule has 0 aliphatic carbocycles. The van der Waals surface area contributed by atoms with E-state index in [9.17, 15) is 9.59 Å². The van der Waals surface area contributed by atoms with Crippen molar-refractivity contribution in [3.8, 4) is 0 Å². The molecule has 70 valence electrons. The number of nitrogens with one attached hydrogen (secondary N) is 1. The molecule has 0 radical (unpaired) electrons. The topological polar surface area (TPSA) is 86.6 Å². The van der Waals surface area contributed by atoms with Gasteiger partial charge in [-0.2, -0.15) is 12.6 Å². The molecule has 0 aromatic rings. The highest BCUT2D eigenvalue weighted by Crippen LogP contribution is 1.96. The van der Waals surface area contributed by atoms with Crippen molar-refractivity contribution >= 4 is 24.5 Å². The molecule has 1 unspecified atom stereocenters. The third-order valence-electron chi connectivity index (χ3n) is 1.23. The summed E-state index contributed by atoms with van der Waals surface area (Å²) in [6.07, 6.45) is 0. The van der Waals surface area contributed by atoms with Crippen LogP contribution in [-0.4, -0.2) is 41.0 Å². The van der Waals surface area contributed by atoms with Gasteiger partial charge in [0.25, 0.3) is 0 Å². The van der Waals surface area contributed by atoms with Crippen molar-refractivity contribution < 1.29 is 19.8 Å². The van der Waals surface area contributed by atoms with Crippen LogP contribution in [0.1, 0.15) is 0 Å². The van der Waals surface area contributed by atoms with Crippen molar-refractivity contribution in [2.24, 2.45) is 5.92 Å². The van der Waals surface area contributed by atoms with E-state index in [1.807, 2.05) is 0 Å². The lowest BCUT2D eigenvalue weighted by molar-refractivity contribution is -0.138. The normalized spacial score (nSPS) is 12.2. The minimum atomic E-state index is -1.11. The van der Waals surface area contributed by atoms with Crippen LogP contribution in [0.2, 0.25) is 0 Å². The first kappa shape index (κ1) is 11.2. The van der Waals surface area contributed by atoms with Crippen molar-refractivity contribution in [1.29, 1.82) is 0 Å². The molecule has 5 nitrogen and oxygen atoms in total. The number of aliphatic hydroxyl groups excluding tert-OH is 1. The van der Waals surface area contributed by atoms with Gasteiger partial charge in [-0.05, 0) is 0 Å². The van der Waals surface area contributed by atoms with Gasteiger partial charge in [0.15, 0.2) is 0 Å². The standard InChI is InChI=1S/C6H11NO4S/c8-2-4(3-12)6(11)7-1-5(9)10/h4,8,12H,1-3H2,(H,7,11)(H,9,10). The lowest BCUT2D eigenvalue weighted by Gasteiger charge is -2.09. The average Bonchev–Trinajstić information content (AvgIpc) is 2.03. The van der Waals surface area contributed by atoms with E-state index in [1.54, 1.807) is 0 Å². The van der Waals surface area contributed by atoms with Gasteiger partial charge in [-0.15, -0.1) is 0 Å². The number of amides is 1. The zero-order valence-electron chi connectivity index (χ0n) is 6.36. The van der Waals surface area contributed by atoms with Crippen molar-refractivity contribution in [2.75, 3.05) is 18.9 Å². The molecule has 1 atom stereocenters. The minimum Gasteiger partial charge on any atom is -0.480 e. The molecular formula is C6H11NO4S. The highest BCUT2D eigenvalue weighted by Gasteiger charge is 2.15. The molecule has 0 saturated heterocycles. The van der Waals surface area contributed by atoms with Crippen molar-refractivity contribution in [1.82, 2.24) is 5.32 Å². The summed E-state index contributed by atoms with van der Waals surface area (Å²) in [5.41, 5.74) is 0. The predicted molar refractivity (Wildman–Crippen MR) is 45.1 cm³/mol. The van der Waals surface area contributed by atoms with Crippen molar-refractivity contribution in [2.45, 2.75) is 0 Å². The van der Waals surface area contributed by atoms with Gasteiger partial charge in [-0.1, -0.05) is 0 Å². The Morgan fingerprint density at radius 3 is 2.42 bits per heavy atom. The number of aliphatic carboxylic acids is 1. The Labute approximate surface area is 75.2 Å². The highest BCUT2D eigenvalue weighted by molar-refractivity contribution is 7.80. The van der Waals surface area contributed by atoms with Crippen LogP contribution in [0.15, 0.2) is 0 Å². The third-order valence-corrected chi connectivity index (χ3v) is 1.67. The molecule has 0 rings (SSSR count). The molecule has 0 aromatic heterocycles. The predicted octanol–water partition coefficient (Wildman–Crippen LogP) is -1.27. The summed E-state index contributed by atoms with van der Waals surface area (Å²) in [6.45, 7) is -0.752. The van der Waals surface area contributed by atoms with E-state index >= 15 is 0 Å². The number of hydrogen-bond acceptors (Lipinski definition) is 4. The fourth-order valence-corrected chi connectivity index (χ4v) is 0.812. The Kier molecular flexibility index (Phi) is 5.48. The maximum atomic E-state index is 10.9. The second kappa shape index (κ2) is 5.84. The van der Waals surface area contributed by atoms with Crippen LogP contribution in [-0.2, 0) is 9.59 Å². The van der Waals surface area contributed by atoms with E-state index < -0.39 is 24.3 Å². The summed E-state index contributed by atoms with van der Waals surface area (Å²) >= 11 is 3.81. The minimum absolute atomic E-state index is 0.196. The van der Waals surface area contributed by atoms with Crippen LogP contribution in [0.3, 0.4) is 0 Å². The quantitative estimate of drug-likeness (QED) is 0.410. The number of carboxylic acids is 1. The van der Waals surface area contributed by atoms with E-state index in [1.165, 1.54) is 0 Å². The third kappa shape index (κ3) is 4.20. The number of carbonyl (C=O) groups excluding carboxylic acids is 1. The monoisotopic (exact) mass is 193 g/mol. The van der Waals surface area contributed by atoms with Gasteiger partial charge < -0.3 is 15.5 Å². The van der Waals surface area contributed by atoms with Gasteiger partial charge in [-0.25, -0.2) is 0 Å². The average molecular weight is 193 g/mol. The van der Waals surface area contributed by atoms with Crippen LogP contribution in [0.25, 0.3) is 0 Å². The Bertz CT molecular complexity index is 169. The lowest BCUT2D eigenvalue weighted by Crippen LogP contribution is -2.36. The van der Waals surface area contributed by atoms with Gasteiger partial charge in [0.1, 0.15) is 6.54 Å². The molecule has 0 bridgehead atoms. The van der Waals surface area contributed by atoms with E-state index in [0.717, 1.165) is 0 Å². The van der Waals surface area contributed by atoms with E-state index in [0.29, 0.717) is 0 Å². The maximum absolute atomic E-state index is 10.9. The molecule has 3 N–H and O–H groups in total. The van der Waals surface area contributed by atoms with Gasteiger partial charge in [0, 0.05) is 5.75 Å². The summed E-state index contributed by atoms with van der Waals surface area (Å²) in [6, 6.07) is 0. The number of rotatable bonds is 5. The summed E-state index contributed by atoms with van der Waals surface area (Å²) in [5, 5.41) is 18.9. The fourth-order valence-electron chi connectivity index (χ4n) is 0.531. The van der Waals surface area contributed by atoms with E-state index in [-0.39, 0.29) is 12.4 Å². The molecule has 0 aliphatic rings. The summed E-state index contributed by atoms with van der Waals surface area (Å²) < 4.78 is 0. The molecule has 0 saturated carbocycles. The molecular weight excluding hydrogens is 182 g/mol. The summed E-state index contributed by atoms with van der Waals surface area (Å²) in [7, 11) is 0. The number of carboxylic acid groups (broad SMARTS) is 1. The maximum Gasteiger partial charge on any atom is 0.322 e. The largest absolute Gasteiger partial charge is 0.480 e.